The Morgan fingerprint density at radius 1 is 1.04 bits per heavy atom. The number of benzene rings is 1. The van der Waals surface area contributed by atoms with Gasteiger partial charge in [-0.3, -0.25) is 4.55 Å². The van der Waals surface area contributed by atoms with E-state index in [1.54, 1.807) is 0 Å². The third-order valence-electron chi connectivity index (χ3n) is 2.65. The summed E-state index contributed by atoms with van der Waals surface area (Å²) in [5.74, 6) is -0.719. The molecule has 0 aliphatic carbocycles. The summed E-state index contributed by atoms with van der Waals surface area (Å²) in [5.41, 5.74) is 0.391. The Bertz CT molecular complexity index is 971. The van der Waals surface area contributed by atoms with Crippen LogP contribution in [0.3, 0.4) is 0 Å². The molecule has 26 heavy (non-hydrogen) atoms. The van der Waals surface area contributed by atoms with E-state index in [0.29, 0.717) is 5.69 Å². The summed E-state index contributed by atoms with van der Waals surface area (Å²) in [7, 11) is -8.68. The monoisotopic (exact) mass is 431 g/mol. The van der Waals surface area contributed by atoms with Gasteiger partial charge in [0.2, 0.25) is 17.2 Å². The van der Waals surface area contributed by atoms with E-state index in [1.165, 1.54) is 24.3 Å². The first-order chi connectivity index (χ1) is 11.5. The summed E-state index contributed by atoms with van der Waals surface area (Å²) in [6.45, 7) is -0.214. The molecule has 0 fully saturated rings. The molecular weight excluding hydrogens is 421 g/mol. The second-order valence-electron chi connectivity index (χ2n) is 4.56. The summed E-state index contributed by atoms with van der Waals surface area (Å²) in [6.07, 6.45) is 0. The van der Waals surface area contributed by atoms with Gasteiger partial charge in [0.15, 0.2) is 0 Å². The maximum atomic E-state index is 11.0. The molecule has 1 aromatic heterocycles. The van der Waals surface area contributed by atoms with Crippen molar-refractivity contribution in [1.82, 2.24) is 15.0 Å². The summed E-state index contributed by atoms with van der Waals surface area (Å²) in [4.78, 5) is 11.2. The normalized spacial score (nSPS) is 11.5. The van der Waals surface area contributed by atoms with Crippen LogP contribution in [0.15, 0.2) is 29.2 Å². The SMILES string of the molecule is O=S(=O)([O-])CCNc1nc(Cl)nc(Nc2ccc(S(=O)(=O)O)cc2)n1.[Na+]. The van der Waals surface area contributed by atoms with Crippen molar-refractivity contribution >= 4 is 49.4 Å². The molecule has 0 spiro atoms. The van der Waals surface area contributed by atoms with Gasteiger partial charge in [-0.2, -0.15) is 23.4 Å². The van der Waals surface area contributed by atoms with Gasteiger partial charge in [-0.25, -0.2) is 8.42 Å². The Morgan fingerprint density at radius 3 is 2.15 bits per heavy atom. The minimum Gasteiger partial charge on any atom is -0.748 e. The second-order valence-corrected chi connectivity index (χ2v) is 7.85. The molecule has 2 rings (SSSR count). The first-order valence-electron chi connectivity index (χ1n) is 6.46. The second kappa shape index (κ2) is 9.23. The molecule has 0 aliphatic rings. The average molecular weight is 432 g/mol. The van der Waals surface area contributed by atoms with E-state index in [9.17, 15) is 21.4 Å². The molecule has 136 valence electrons. The van der Waals surface area contributed by atoms with Gasteiger partial charge >= 0.3 is 29.6 Å². The number of aromatic nitrogens is 3. The van der Waals surface area contributed by atoms with E-state index >= 15 is 0 Å². The largest absolute Gasteiger partial charge is 1.00 e. The zero-order chi connectivity index (χ0) is 18.7. The molecule has 0 atom stereocenters. The van der Waals surface area contributed by atoms with Crippen LogP contribution in [0.4, 0.5) is 17.6 Å². The Labute approximate surface area is 176 Å². The van der Waals surface area contributed by atoms with Crippen LogP contribution in [0, 0.1) is 0 Å². The maximum absolute atomic E-state index is 11.0. The Morgan fingerprint density at radius 2 is 1.62 bits per heavy atom. The third kappa shape index (κ3) is 7.67. The van der Waals surface area contributed by atoms with Crippen molar-refractivity contribution in [2.24, 2.45) is 0 Å². The van der Waals surface area contributed by atoms with Gasteiger partial charge in [-0.1, -0.05) is 0 Å². The van der Waals surface area contributed by atoms with Crippen LogP contribution < -0.4 is 40.2 Å². The Kier molecular flexibility index (Phi) is 8.16. The van der Waals surface area contributed by atoms with Gasteiger partial charge in [0.25, 0.3) is 10.1 Å². The smallest absolute Gasteiger partial charge is 0.748 e. The van der Waals surface area contributed by atoms with E-state index in [4.69, 9.17) is 16.2 Å². The number of hydrogen-bond acceptors (Lipinski definition) is 10. The van der Waals surface area contributed by atoms with Gasteiger partial charge in [0.1, 0.15) is 0 Å². The number of rotatable bonds is 7. The average Bonchev–Trinajstić information content (AvgIpc) is 2.45. The molecular formula is C11H11ClN5NaO6S2. The van der Waals surface area contributed by atoms with Gasteiger partial charge in [-0.15, -0.1) is 0 Å². The summed E-state index contributed by atoms with van der Waals surface area (Å²) in [5, 5.41) is 5.05. The molecule has 0 unspecified atom stereocenters. The van der Waals surface area contributed by atoms with Crippen LogP contribution in [-0.4, -0.2) is 53.2 Å². The molecule has 0 radical (unpaired) electrons. The minimum atomic E-state index is -4.38. The third-order valence-corrected chi connectivity index (χ3v) is 4.39. The minimum absolute atomic E-state index is 0. The molecule has 15 heteroatoms. The summed E-state index contributed by atoms with van der Waals surface area (Å²) < 4.78 is 62.5. The van der Waals surface area contributed by atoms with Gasteiger partial charge < -0.3 is 15.2 Å². The first-order valence-corrected chi connectivity index (χ1v) is 9.86. The van der Waals surface area contributed by atoms with Gasteiger partial charge in [-0.05, 0) is 35.9 Å². The van der Waals surface area contributed by atoms with Gasteiger partial charge in [0.05, 0.1) is 20.8 Å². The predicted molar refractivity (Wildman–Crippen MR) is 87.4 cm³/mol. The molecule has 2 aromatic rings. The standard InChI is InChI=1S/C11H12ClN5O6S2.Na/c12-9-15-10(13-5-6-24(18,19)20)17-11(16-9)14-7-1-3-8(4-2-7)25(21,22)23;/h1-4H,5-6H2,(H,18,19,20)(H,21,22,23)(H2,13,14,15,16,17);/q;+1/p-1. The van der Waals surface area contributed by atoms with Crippen LogP contribution in [0.25, 0.3) is 0 Å². The summed E-state index contributed by atoms with van der Waals surface area (Å²) in [6, 6.07) is 5.05. The van der Waals surface area contributed by atoms with E-state index in [-0.39, 0.29) is 58.2 Å². The molecule has 1 aromatic carbocycles. The fraction of sp³-hybridized carbons (Fsp3) is 0.182. The van der Waals surface area contributed by atoms with E-state index in [1.807, 2.05) is 0 Å². The van der Waals surface area contributed by atoms with E-state index in [2.05, 4.69) is 25.6 Å². The van der Waals surface area contributed by atoms with Crippen LogP contribution >= 0.6 is 11.6 Å². The number of halogens is 1. The molecule has 0 aliphatic heterocycles. The fourth-order valence-corrected chi connectivity index (χ4v) is 2.60. The van der Waals surface area contributed by atoms with Crippen molar-refractivity contribution in [3.05, 3.63) is 29.5 Å². The topological polar surface area (TPSA) is 174 Å². The van der Waals surface area contributed by atoms with E-state index in [0.717, 1.165) is 0 Å². The Balaban J connectivity index is 0.00000338. The molecule has 11 nitrogen and oxygen atoms in total. The van der Waals surface area contributed by atoms with Crippen LogP contribution in [0.2, 0.25) is 5.28 Å². The van der Waals surface area contributed by atoms with Crippen molar-refractivity contribution in [1.29, 1.82) is 0 Å². The first kappa shape index (κ1) is 23.0. The van der Waals surface area contributed by atoms with Crippen LogP contribution in [-0.2, 0) is 20.2 Å². The van der Waals surface area contributed by atoms with Crippen LogP contribution in [0.1, 0.15) is 0 Å². The molecule has 3 N–H and O–H groups in total. The molecule has 0 saturated heterocycles. The summed E-state index contributed by atoms with van der Waals surface area (Å²) >= 11 is 5.74. The molecule has 1 heterocycles. The fourth-order valence-electron chi connectivity index (χ4n) is 1.61. The van der Waals surface area contributed by atoms with Crippen molar-refractivity contribution in [2.75, 3.05) is 22.9 Å². The maximum Gasteiger partial charge on any atom is 1.00 e. The zero-order valence-electron chi connectivity index (χ0n) is 13.2. The molecule has 0 amide bonds. The number of nitrogens with one attached hydrogen (secondary N) is 2. The molecule has 0 saturated carbocycles. The van der Waals surface area contributed by atoms with Crippen molar-refractivity contribution in [3.8, 4) is 0 Å². The quantitative estimate of drug-likeness (QED) is 0.311. The van der Waals surface area contributed by atoms with Gasteiger partial charge in [0, 0.05) is 12.2 Å². The van der Waals surface area contributed by atoms with Crippen molar-refractivity contribution < 1.29 is 55.5 Å². The van der Waals surface area contributed by atoms with Crippen molar-refractivity contribution in [2.45, 2.75) is 4.90 Å². The Hall–Kier alpha value is -1.06. The number of hydrogen-bond donors (Lipinski definition) is 3. The number of nitrogens with zero attached hydrogens (tertiary/aromatic N) is 3. The number of anilines is 3. The van der Waals surface area contributed by atoms with E-state index < -0.39 is 26.0 Å². The van der Waals surface area contributed by atoms with Crippen molar-refractivity contribution in [3.63, 3.8) is 0 Å². The molecule has 0 bridgehead atoms. The van der Waals surface area contributed by atoms with Crippen LogP contribution in [0.5, 0.6) is 0 Å². The predicted octanol–water partition coefficient (Wildman–Crippen LogP) is -2.52. The zero-order valence-corrected chi connectivity index (χ0v) is 17.6.